The van der Waals surface area contributed by atoms with E-state index >= 15 is 0 Å². The second-order valence-electron chi connectivity index (χ2n) is 8.35. The van der Waals surface area contributed by atoms with Gasteiger partial charge < -0.3 is 14.2 Å². The lowest BCUT2D eigenvalue weighted by Crippen LogP contribution is -2.39. The fraction of sp³-hybridized carbons (Fsp3) is 0.179. The highest BCUT2D eigenvalue weighted by Gasteiger charge is 2.35. The fourth-order valence-electron chi connectivity index (χ4n) is 4.46. The SMILES string of the molecule is CCOC(=O)C1=C(c2ccccc2)N=c2s/c(=C\c3ccc4c(c3)OCCO4)c(=O)n2[C@H]1c1cccs1. The molecule has 0 amide bonds. The van der Waals surface area contributed by atoms with Gasteiger partial charge in [0.15, 0.2) is 16.3 Å². The van der Waals surface area contributed by atoms with Gasteiger partial charge in [-0.25, -0.2) is 9.79 Å². The fourth-order valence-corrected chi connectivity index (χ4v) is 6.28. The quantitative estimate of drug-likeness (QED) is 0.367. The Morgan fingerprint density at radius 2 is 1.92 bits per heavy atom. The first-order valence-electron chi connectivity index (χ1n) is 11.9. The molecule has 37 heavy (non-hydrogen) atoms. The number of aromatic nitrogens is 1. The molecule has 0 unspecified atom stereocenters. The van der Waals surface area contributed by atoms with Crippen molar-refractivity contribution in [3.63, 3.8) is 0 Å². The Morgan fingerprint density at radius 3 is 2.68 bits per heavy atom. The normalized spacial score (nSPS) is 16.8. The minimum absolute atomic E-state index is 0.217. The Kier molecular flexibility index (Phi) is 6.23. The van der Waals surface area contributed by atoms with Gasteiger partial charge in [0, 0.05) is 10.4 Å². The number of ether oxygens (including phenoxy) is 3. The molecule has 1 atom stereocenters. The molecule has 2 aliphatic heterocycles. The predicted molar refractivity (Wildman–Crippen MR) is 143 cm³/mol. The molecule has 0 spiro atoms. The van der Waals surface area contributed by atoms with Crippen LogP contribution in [0.15, 0.2) is 81.4 Å². The number of carbonyl (C=O) groups excluding carboxylic acids is 1. The van der Waals surface area contributed by atoms with E-state index in [1.54, 1.807) is 11.5 Å². The van der Waals surface area contributed by atoms with E-state index in [0.29, 0.717) is 45.3 Å². The van der Waals surface area contributed by atoms with Gasteiger partial charge in [-0.1, -0.05) is 53.8 Å². The Balaban J connectivity index is 1.58. The molecule has 2 aliphatic rings. The number of hydrogen-bond acceptors (Lipinski definition) is 8. The van der Waals surface area contributed by atoms with Crippen LogP contribution in [0.25, 0.3) is 11.8 Å². The molecule has 9 heteroatoms. The van der Waals surface area contributed by atoms with E-state index < -0.39 is 12.0 Å². The van der Waals surface area contributed by atoms with Crippen LogP contribution >= 0.6 is 22.7 Å². The molecule has 2 aromatic carbocycles. The number of carbonyl (C=O) groups is 1. The van der Waals surface area contributed by atoms with E-state index in [1.807, 2.05) is 72.1 Å². The molecule has 2 aromatic heterocycles. The molecule has 0 N–H and O–H groups in total. The number of benzene rings is 2. The van der Waals surface area contributed by atoms with Gasteiger partial charge >= 0.3 is 5.97 Å². The van der Waals surface area contributed by atoms with E-state index in [-0.39, 0.29) is 12.2 Å². The number of rotatable bonds is 5. The highest BCUT2D eigenvalue weighted by atomic mass is 32.1. The second-order valence-corrected chi connectivity index (χ2v) is 10.3. The summed E-state index contributed by atoms with van der Waals surface area (Å²) in [6, 6.07) is 18.3. The summed E-state index contributed by atoms with van der Waals surface area (Å²) < 4.78 is 18.9. The van der Waals surface area contributed by atoms with E-state index in [1.165, 1.54) is 22.7 Å². The average Bonchev–Trinajstić information content (AvgIpc) is 3.57. The van der Waals surface area contributed by atoms with Gasteiger partial charge in [0.2, 0.25) is 0 Å². The maximum Gasteiger partial charge on any atom is 0.338 e. The van der Waals surface area contributed by atoms with Gasteiger partial charge in [-0.05, 0) is 42.1 Å². The van der Waals surface area contributed by atoms with Gasteiger partial charge in [-0.15, -0.1) is 11.3 Å². The molecule has 4 aromatic rings. The van der Waals surface area contributed by atoms with Crippen molar-refractivity contribution in [2.24, 2.45) is 4.99 Å². The molecule has 4 heterocycles. The smallest absolute Gasteiger partial charge is 0.338 e. The second kappa shape index (κ2) is 9.84. The van der Waals surface area contributed by atoms with Crippen molar-refractivity contribution in [1.82, 2.24) is 4.57 Å². The first kappa shape index (κ1) is 23.4. The molecular formula is C28H22N2O5S2. The van der Waals surface area contributed by atoms with Crippen molar-refractivity contribution in [3.8, 4) is 11.5 Å². The molecule has 0 aliphatic carbocycles. The van der Waals surface area contributed by atoms with Crippen molar-refractivity contribution in [1.29, 1.82) is 0 Å². The Labute approximate surface area is 220 Å². The van der Waals surface area contributed by atoms with Crippen molar-refractivity contribution in [2.75, 3.05) is 19.8 Å². The number of fused-ring (bicyclic) bond motifs is 2. The lowest BCUT2D eigenvalue weighted by molar-refractivity contribution is -0.138. The van der Waals surface area contributed by atoms with Crippen molar-refractivity contribution in [3.05, 3.63) is 107 Å². The first-order valence-corrected chi connectivity index (χ1v) is 13.5. The molecule has 7 nitrogen and oxygen atoms in total. The summed E-state index contributed by atoms with van der Waals surface area (Å²) in [5.41, 5.74) is 2.26. The highest BCUT2D eigenvalue weighted by Crippen LogP contribution is 2.37. The zero-order valence-corrected chi connectivity index (χ0v) is 21.5. The lowest BCUT2D eigenvalue weighted by Gasteiger charge is -2.24. The van der Waals surface area contributed by atoms with Gasteiger partial charge in [-0.3, -0.25) is 9.36 Å². The van der Waals surface area contributed by atoms with Crippen molar-refractivity contribution in [2.45, 2.75) is 13.0 Å². The standard InChI is InChI=1S/C28H22N2O5S2/c1-2-33-27(32)23-24(18-7-4-3-5-8-18)29-28-30(25(23)21-9-6-14-36-21)26(31)22(37-28)16-17-10-11-19-20(15-17)35-13-12-34-19/h3-11,14-16,25H,2,12-13H2,1H3/b22-16-/t25-/m0/s1. The molecule has 0 fully saturated rings. The lowest BCUT2D eigenvalue weighted by atomic mass is 9.97. The number of esters is 1. The molecule has 186 valence electrons. The number of thiazole rings is 1. The monoisotopic (exact) mass is 530 g/mol. The highest BCUT2D eigenvalue weighted by molar-refractivity contribution is 7.10. The molecule has 0 bridgehead atoms. The van der Waals surface area contributed by atoms with Crippen LogP contribution in [0.1, 0.15) is 29.0 Å². The number of nitrogens with zero attached hydrogens (tertiary/aromatic N) is 2. The minimum Gasteiger partial charge on any atom is -0.486 e. The minimum atomic E-state index is -0.645. The maximum absolute atomic E-state index is 13.8. The van der Waals surface area contributed by atoms with Crippen LogP contribution in [-0.2, 0) is 9.53 Å². The molecule has 0 saturated heterocycles. The van der Waals surface area contributed by atoms with Crippen LogP contribution in [0.2, 0.25) is 0 Å². The Hall–Kier alpha value is -3.95. The largest absolute Gasteiger partial charge is 0.486 e. The van der Waals surface area contributed by atoms with Crippen LogP contribution in [-0.4, -0.2) is 30.4 Å². The summed E-state index contributed by atoms with van der Waals surface area (Å²) in [5.74, 6) is 0.860. The molecule has 0 saturated carbocycles. The third kappa shape index (κ3) is 4.30. The summed E-state index contributed by atoms with van der Waals surface area (Å²) in [7, 11) is 0. The van der Waals surface area contributed by atoms with Gasteiger partial charge in [0.25, 0.3) is 5.56 Å². The van der Waals surface area contributed by atoms with E-state index in [0.717, 1.165) is 16.0 Å². The van der Waals surface area contributed by atoms with Crippen LogP contribution in [0.5, 0.6) is 11.5 Å². The van der Waals surface area contributed by atoms with Crippen LogP contribution in [0, 0.1) is 0 Å². The Morgan fingerprint density at radius 1 is 1.11 bits per heavy atom. The summed E-state index contributed by atoms with van der Waals surface area (Å²) in [4.78, 5) is 33.4. The summed E-state index contributed by atoms with van der Waals surface area (Å²) in [5, 5.41) is 1.94. The van der Waals surface area contributed by atoms with E-state index in [4.69, 9.17) is 19.2 Å². The Bertz CT molecular complexity index is 1680. The van der Waals surface area contributed by atoms with E-state index in [2.05, 4.69) is 0 Å². The average molecular weight is 531 g/mol. The summed E-state index contributed by atoms with van der Waals surface area (Å²) >= 11 is 2.78. The van der Waals surface area contributed by atoms with Gasteiger partial charge in [0.05, 0.1) is 22.4 Å². The third-order valence-corrected chi connectivity index (χ3v) is 7.96. The topological polar surface area (TPSA) is 79.1 Å². The zero-order valence-electron chi connectivity index (χ0n) is 19.9. The predicted octanol–water partition coefficient (Wildman–Crippen LogP) is 3.77. The number of thiophene rings is 1. The van der Waals surface area contributed by atoms with Crippen molar-refractivity contribution >= 4 is 40.4 Å². The molecule has 6 rings (SSSR count). The summed E-state index contributed by atoms with van der Waals surface area (Å²) in [6.07, 6.45) is 1.82. The molecule has 0 radical (unpaired) electrons. The van der Waals surface area contributed by atoms with Gasteiger partial charge in [0.1, 0.15) is 19.3 Å². The summed E-state index contributed by atoms with van der Waals surface area (Å²) in [6.45, 7) is 2.98. The third-order valence-electron chi connectivity index (χ3n) is 6.05. The van der Waals surface area contributed by atoms with Crippen LogP contribution < -0.4 is 24.4 Å². The molecular weight excluding hydrogens is 508 g/mol. The maximum atomic E-state index is 13.8. The van der Waals surface area contributed by atoms with Crippen molar-refractivity contribution < 1.29 is 19.0 Å². The first-order chi connectivity index (χ1) is 18.1. The van der Waals surface area contributed by atoms with E-state index in [9.17, 15) is 9.59 Å². The van der Waals surface area contributed by atoms with Gasteiger partial charge in [-0.2, -0.15) is 0 Å². The zero-order chi connectivity index (χ0) is 25.4. The number of hydrogen-bond donors (Lipinski definition) is 0. The van der Waals surface area contributed by atoms with Crippen LogP contribution in [0.3, 0.4) is 0 Å². The van der Waals surface area contributed by atoms with Crippen LogP contribution in [0.4, 0.5) is 0 Å².